The van der Waals surface area contributed by atoms with Crippen molar-refractivity contribution < 1.29 is 9.18 Å². The zero-order valence-corrected chi connectivity index (χ0v) is 12.8. The predicted octanol–water partition coefficient (Wildman–Crippen LogP) is 4.23. The Morgan fingerprint density at radius 1 is 1.17 bits per heavy atom. The van der Waals surface area contributed by atoms with Gasteiger partial charge in [-0.3, -0.25) is 9.69 Å². The predicted molar refractivity (Wildman–Crippen MR) is 88.5 cm³/mol. The van der Waals surface area contributed by atoms with Crippen LogP contribution in [0.3, 0.4) is 0 Å². The lowest BCUT2D eigenvalue weighted by molar-refractivity contribution is 0.0988. The number of aromatic nitrogens is 1. The number of carbonyl (C=O) groups is 1. The van der Waals surface area contributed by atoms with Gasteiger partial charge in [0.25, 0.3) is 5.91 Å². The number of carbonyl (C=O) groups excluding carboxylic acids is 1. The van der Waals surface area contributed by atoms with Crippen LogP contribution in [-0.2, 0) is 6.42 Å². The van der Waals surface area contributed by atoms with Crippen LogP contribution in [0, 0.1) is 5.82 Å². The van der Waals surface area contributed by atoms with Gasteiger partial charge >= 0.3 is 0 Å². The quantitative estimate of drug-likeness (QED) is 0.670. The SMILES string of the molecule is O=C(c1cccc(F)c1)N1CCc2cc3cccc(Cl)c3nc21. The molecular formula is C18H12ClFN2O. The number of hydrogen-bond donors (Lipinski definition) is 0. The summed E-state index contributed by atoms with van der Waals surface area (Å²) < 4.78 is 13.4. The van der Waals surface area contributed by atoms with E-state index in [0.717, 1.165) is 17.4 Å². The number of nitrogens with zero attached hydrogens (tertiary/aromatic N) is 2. The van der Waals surface area contributed by atoms with Crippen LogP contribution in [0.2, 0.25) is 5.02 Å². The minimum Gasteiger partial charge on any atom is -0.292 e. The van der Waals surface area contributed by atoms with Crippen molar-refractivity contribution in [3.8, 4) is 0 Å². The summed E-state index contributed by atoms with van der Waals surface area (Å²) in [6.45, 7) is 0.533. The molecule has 3 aromatic rings. The molecule has 1 amide bonds. The van der Waals surface area contributed by atoms with E-state index in [1.165, 1.54) is 18.2 Å². The van der Waals surface area contributed by atoms with Gasteiger partial charge in [0.05, 0.1) is 10.5 Å². The molecule has 0 fully saturated rings. The molecule has 114 valence electrons. The summed E-state index contributed by atoms with van der Waals surface area (Å²) in [4.78, 5) is 18.8. The number of amides is 1. The standard InChI is InChI=1S/C18H12ClFN2O/c19-15-6-2-3-11-9-12-7-8-22(17(12)21-16(11)15)18(23)13-4-1-5-14(20)10-13/h1-6,9-10H,7-8H2. The second kappa shape index (κ2) is 5.32. The topological polar surface area (TPSA) is 33.2 Å². The number of para-hydroxylation sites is 1. The highest BCUT2D eigenvalue weighted by Gasteiger charge is 2.28. The number of pyridine rings is 1. The first kappa shape index (κ1) is 14.2. The fourth-order valence-electron chi connectivity index (χ4n) is 2.93. The van der Waals surface area contributed by atoms with Crippen LogP contribution in [0.4, 0.5) is 10.2 Å². The van der Waals surface area contributed by atoms with E-state index in [0.29, 0.717) is 28.5 Å². The summed E-state index contributed by atoms with van der Waals surface area (Å²) >= 11 is 6.21. The van der Waals surface area contributed by atoms with Gasteiger partial charge in [-0.1, -0.05) is 29.8 Å². The van der Waals surface area contributed by atoms with Gasteiger partial charge in [0.2, 0.25) is 0 Å². The molecule has 5 heteroatoms. The van der Waals surface area contributed by atoms with Gasteiger partial charge < -0.3 is 0 Å². The normalized spacial score (nSPS) is 13.4. The molecule has 1 aliphatic rings. The molecule has 4 rings (SSSR count). The third kappa shape index (κ3) is 2.35. The first-order valence-corrected chi connectivity index (χ1v) is 7.67. The first-order valence-electron chi connectivity index (χ1n) is 7.29. The molecule has 3 nitrogen and oxygen atoms in total. The molecule has 1 aliphatic heterocycles. The fraction of sp³-hybridized carbons (Fsp3) is 0.111. The Hall–Kier alpha value is -2.46. The van der Waals surface area contributed by atoms with Gasteiger partial charge in [0, 0.05) is 17.5 Å². The van der Waals surface area contributed by atoms with Crippen LogP contribution in [0.1, 0.15) is 15.9 Å². The Morgan fingerprint density at radius 2 is 2.00 bits per heavy atom. The summed E-state index contributed by atoms with van der Waals surface area (Å²) in [5, 5.41) is 1.51. The summed E-state index contributed by atoms with van der Waals surface area (Å²) in [7, 11) is 0. The van der Waals surface area contributed by atoms with Crippen molar-refractivity contribution in [2.45, 2.75) is 6.42 Å². The Morgan fingerprint density at radius 3 is 2.83 bits per heavy atom. The van der Waals surface area contributed by atoms with Crippen molar-refractivity contribution >= 4 is 34.2 Å². The largest absolute Gasteiger partial charge is 0.292 e. The zero-order valence-electron chi connectivity index (χ0n) is 12.1. The molecular weight excluding hydrogens is 315 g/mol. The van der Waals surface area contributed by atoms with Crippen LogP contribution < -0.4 is 4.90 Å². The van der Waals surface area contributed by atoms with E-state index in [2.05, 4.69) is 4.98 Å². The van der Waals surface area contributed by atoms with Gasteiger partial charge in [0.1, 0.15) is 11.6 Å². The zero-order chi connectivity index (χ0) is 16.0. The summed E-state index contributed by atoms with van der Waals surface area (Å²) in [6, 6.07) is 13.3. The van der Waals surface area contributed by atoms with E-state index in [1.54, 1.807) is 17.0 Å². The molecule has 2 aromatic carbocycles. The van der Waals surface area contributed by atoms with Gasteiger partial charge in [-0.05, 0) is 42.3 Å². The minimum absolute atomic E-state index is 0.248. The van der Waals surface area contributed by atoms with Crippen molar-refractivity contribution in [3.63, 3.8) is 0 Å². The van der Waals surface area contributed by atoms with E-state index in [1.807, 2.05) is 18.2 Å². The average molecular weight is 327 g/mol. The molecule has 0 radical (unpaired) electrons. The van der Waals surface area contributed by atoms with Crippen LogP contribution >= 0.6 is 11.6 Å². The van der Waals surface area contributed by atoms with Gasteiger partial charge in [-0.15, -0.1) is 0 Å². The summed E-state index contributed by atoms with van der Waals surface area (Å²) in [5.74, 6) is -0.0631. The molecule has 0 saturated carbocycles. The smallest absolute Gasteiger partial charge is 0.259 e. The monoisotopic (exact) mass is 326 g/mol. The summed E-state index contributed by atoms with van der Waals surface area (Å²) in [6.07, 6.45) is 0.728. The highest BCUT2D eigenvalue weighted by molar-refractivity contribution is 6.35. The maximum Gasteiger partial charge on any atom is 0.259 e. The molecule has 0 aliphatic carbocycles. The van der Waals surface area contributed by atoms with Crippen LogP contribution in [0.25, 0.3) is 10.9 Å². The molecule has 0 N–H and O–H groups in total. The van der Waals surface area contributed by atoms with E-state index in [4.69, 9.17) is 11.6 Å². The van der Waals surface area contributed by atoms with Crippen molar-refractivity contribution in [1.82, 2.24) is 4.98 Å². The van der Waals surface area contributed by atoms with E-state index in [9.17, 15) is 9.18 Å². The lowest BCUT2D eigenvalue weighted by Crippen LogP contribution is -2.29. The second-order valence-electron chi connectivity index (χ2n) is 5.50. The molecule has 0 spiro atoms. The second-order valence-corrected chi connectivity index (χ2v) is 5.91. The van der Waals surface area contributed by atoms with Crippen molar-refractivity contribution in [3.05, 3.63) is 70.5 Å². The van der Waals surface area contributed by atoms with Crippen LogP contribution in [-0.4, -0.2) is 17.4 Å². The van der Waals surface area contributed by atoms with Crippen molar-refractivity contribution in [1.29, 1.82) is 0 Å². The van der Waals surface area contributed by atoms with Gasteiger partial charge in [-0.2, -0.15) is 0 Å². The molecule has 0 unspecified atom stereocenters. The highest BCUT2D eigenvalue weighted by atomic mass is 35.5. The fourth-order valence-corrected chi connectivity index (χ4v) is 3.15. The van der Waals surface area contributed by atoms with E-state index in [-0.39, 0.29) is 5.91 Å². The third-order valence-corrected chi connectivity index (χ3v) is 4.33. The number of halogens is 2. The number of anilines is 1. The lowest BCUT2D eigenvalue weighted by Gasteiger charge is -2.17. The Bertz CT molecular complexity index is 941. The third-order valence-electron chi connectivity index (χ3n) is 4.03. The van der Waals surface area contributed by atoms with E-state index >= 15 is 0 Å². The lowest BCUT2D eigenvalue weighted by atomic mass is 10.1. The van der Waals surface area contributed by atoms with E-state index < -0.39 is 5.82 Å². The summed E-state index contributed by atoms with van der Waals surface area (Å²) in [5.41, 5.74) is 2.00. The molecule has 2 heterocycles. The maximum absolute atomic E-state index is 13.4. The molecule has 0 bridgehead atoms. The van der Waals surface area contributed by atoms with Gasteiger partial charge in [0.15, 0.2) is 0 Å². The Balaban J connectivity index is 1.80. The van der Waals surface area contributed by atoms with Crippen molar-refractivity contribution in [2.75, 3.05) is 11.4 Å². The molecule has 23 heavy (non-hydrogen) atoms. The minimum atomic E-state index is -0.426. The molecule has 0 saturated heterocycles. The highest BCUT2D eigenvalue weighted by Crippen LogP contribution is 2.32. The number of hydrogen-bond acceptors (Lipinski definition) is 2. The number of fused-ring (bicyclic) bond motifs is 2. The Kier molecular flexibility index (Phi) is 3.27. The number of benzene rings is 2. The Labute approximate surface area is 137 Å². The average Bonchev–Trinajstić information content (AvgIpc) is 2.96. The maximum atomic E-state index is 13.4. The first-order chi connectivity index (χ1) is 11.1. The van der Waals surface area contributed by atoms with Crippen LogP contribution in [0.5, 0.6) is 0 Å². The molecule has 1 aromatic heterocycles. The van der Waals surface area contributed by atoms with Crippen molar-refractivity contribution in [2.24, 2.45) is 0 Å². The van der Waals surface area contributed by atoms with Crippen LogP contribution in [0.15, 0.2) is 48.5 Å². The molecule has 0 atom stereocenters. The van der Waals surface area contributed by atoms with Gasteiger partial charge in [-0.25, -0.2) is 9.37 Å². The number of rotatable bonds is 1.